The monoisotopic (exact) mass is 518 g/mol. The summed E-state index contributed by atoms with van der Waals surface area (Å²) in [5, 5.41) is 9.59. The molecule has 0 bridgehead atoms. The first-order valence-corrected chi connectivity index (χ1v) is 12.0. The van der Waals surface area contributed by atoms with Crippen LogP contribution in [0.4, 0.5) is 0 Å². The minimum Gasteiger partial charge on any atom is -0.493 e. The maximum absolute atomic E-state index is 13.2. The maximum atomic E-state index is 13.2. The summed E-state index contributed by atoms with van der Waals surface area (Å²) < 4.78 is 21.6. The molecule has 198 valence electrons. The molecule has 0 spiro atoms. The number of carbonyl (C=O) groups excluding carboxylic acids is 3. The standard InChI is InChI=1S/C29H30N2O7/c1-19-5-7-22(8-6-19)18-38-26-10-9-23(16-27(26)35-4)15-24-20(2)25(17-30)29(34)31(28(24)33)11-12-36-13-14-37-21(3)32/h5-10,15-16H,11-14,18H2,1-4H3/b24-15+. The van der Waals surface area contributed by atoms with E-state index in [4.69, 9.17) is 18.9 Å². The van der Waals surface area contributed by atoms with Crippen molar-refractivity contribution in [3.05, 3.63) is 75.9 Å². The van der Waals surface area contributed by atoms with Crippen LogP contribution in [0.2, 0.25) is 0 Å². The molecule has 9 nitrogen and oxygen atoms in total. The SMILES string of the molecule is COc1cc(/C=C2/C(=O)N(CCOCCOC(C)=O)C(=O)C(C#N)=C2C)ccc1OCc1ccc(C)cc1. The quantitative estimate of drug-likeness (QED) is 0.191. The molecule has 0 unspecified atom stereocenters. The van der Waals surface area contributed by atoms with Gasteiger partial charge in [0.15, 0.2) is 11.5 Å². The molecular formula is C29H30N2O7. The molecule has 0 saturated heterocycles. The third kappa shape index (κ3) is 7.08. The largest absolute Gasteiger partial charge is 0.493 e. The van der Waals surface area contributed by atoms with Gasteiger partial charge in [0, 0.05) is 12.5 Å². The summed E-state index contributed by atoms with van der Waals surface area (Å²) in [5.41, 5.74) is 3.22. The molecule has 2 aromatic rings. The molecule has 0 aliphatic carbocycles. The second kappa shape index (κ2) is 13.2. The van der Waals surface area contributed by atoms with Gasteiger partial charge >= 0.3 is 5.97 Å². The van der Waals surface area contributed by atoms with E-state index in [9.17, 15) is 19.6 Å². The fourth-order valence-electron chi connectivity index (χ4n) is 3.74. The van der Waals surface area contributed by atoms with Gasteiger partial charge in [-0.1, -0.05) is 35.9 Å². The molecular weight excluding hydrogens is 488 g/mol. The molecule has 1 aliphatic rings. The highest BCUT2D eigenvalue weighted by Gasteiger charge is 2.35. The summed E-state index contributed by atoms with van der Waals surface area (Å²) in [6.07, 6.45) is 1.61. The van der Waals surface area contributed by atoms with Crippen molar-refractivity contribution >= 4 is 23.9 Å². The Bertz CT molecular complexity index is 1300. The molecule has 0 N–H and O–H groups in total. The van der Waals surface area contributed by atoms with E-state index >= 15 is 0 Å². The van der Waals surface area contributed by atoms with E-state index in [-0.39, 0.29) is 37.5 Å². The number of rotatable bonds is 11. The number of benzene rings is 2. The molecule has 1 aliphatic heterocycles. The molecule has 3 rings (SSSR count). The van der Waals surface area contributed by atoms with Crippen molar-refractivity contribution in [1.82, 2.24) is 4.90 Å². The van der Waals surface area contributed by atoms with Crippen molar-refractivity contribution in [3.8, 4) is 17.6 Å². The van der Waals surface area contributed by atoms with Crippen LogP contribution in [-0.2, 0) is 30.5 Å². The second-order valence-corrected chi connectivity index (χ2v) is 8.57. The molecule has 9 heteroatoms. The Morgan fingerprint density at radius 1 is 1.00 bits per heavy atom. The summed E-state index contributed by atoms with van der Waals surface area (Å²) in [4.78, 5) is 37.8. The van der Waals surface area contributed by atoms with E-state index in [2.05, 4.69) is 0 Å². The van der Waals surface area contributed by atoms with Gasteiger partial charge in [-0.05, 0) is 48.8 Å². The van der Waals surface area contributed by atoms with Crippen molar-refractivity contribution in [1.29, 1.82) is 5.26 Å². The van der Waals surface area contributed by atoms with Gasteiger partial charge in [0.05, 0.1) is 26.9 Å². The van der Waals surface area contributed by atoms with Crippen LogP contribution in [0.25, 0.3) is 6.08 Å². The Labute approximate surface area is 221 Å². The molecule has 2 aromatic carbocycles. The summed E-state index contributed by atoms with van der Waals surface area (Å²) in [7, 11) is 1.53. The third-order valence-electron chi connectivity index (χ3n) is 5.83. The van der Waals surface area contributed by atoms with Crippen LogP contribution in [0.3, 0.4) is 0 Å². The van der Waals surface area contributed by atoms with Gasteiger partial charge in [0.1, 0.15) is 24.9 Å². The molecule has 38 heavy (non-hydrogen) atoms. The zero-order valence-electron chi connectivity index (χ0n) is 21.9. The topological polar surface area (TPSA) is 115 Å². The van der Waals surface area contributed by atoms with Crippen LogP contribution < -0.4 is 9.47 Å². The van der Waals surface area contributed by atoms with Crippen LogP contribution in [0, 0.1) is 18.3 Å². The van der Waals surface area contributed by atoms with Crippen molar-refractivity contribution in [2.75, 3.05) is 33.5 Å². The lowest BCUT2D eigenvalue weighted by molar-refractivity contribution is -0.142. The lowest BCUT2D eigenvalue weighted by Gasteiger charge is -2.27. The van der Waals surface area contributed by atoms with E-state index in [1.165, 1.54) is 14.0 Å². The normalized spacial score (nSPS) is 14.5. The van der Waals surface area contributed by atoms with Gasteiger partial charge in [-0.15, -0.1) is 0 Å². The Morgan fingerprint density at radius 2 is 1.74 bits per heavy atom. The number of hydrogen-bond acceptors (Lipinski definition) is 8. The summed E-state index contributed by atoms with van der Waals surface area (Å²) in [5.74, 6) is -0.614. The number of esters is 1. The Hall–Kier alpha value is -4.42. The first-order valence-electron chi connectivity index (χ1n) is 12.0. The number of aryl methyl sites for hydroxylation is 1. The minimum atomic E-state index is -0.673. The lowest BCUT2D eigenvalue weighted by Crippen LogP contribution is -2.44. The Morgan fingerprint density at radius 3 is 2.39 bits per heavy atom. The number of methoxy groups -OCH3 is 1. The van der Waals surface area contributed by atoms with Crippen molar-refractivity contribution in [2.45, 2.75) is 27.4 Å². The number of carbonyl (C=O) groups is 3. The minimum absolute atomic E-state index is 0.0324. The molecule has 0 radical (unpaired) electrons. The zero-order chi connectivity index (χ0) is 27.7. The van der Waals surface area contributed by atoms with E-state index in [0.29, 0.717) is 29.2 Å². The van der Waals surface area contributed by atoms with Gasteiger partial charge in [0.25, 0.3) is 11.8 Å². The van der Waals surface area contributed by atoms with Gasteiger partial charge in [-0.25, -0.2) is 0 Å². The van der Waals surface area contributed by atoms with Crippen LogP contribution >= 0.6 is 0 Å². The van der Waals surface area contributed by atoms with E-state index < -0.39 is 17.8 Å². The Kier molecular flexibility index (Phi) is 9.79. The first kappa shape index (κ1) is 28.2. The van der Waals surface area contributed by atoms with Gasteiger partial charge < -0.3 is 18.9 Å². The number of ether oxygens (including phenoxy) is 4. The number of nitrogens with zero attached hydrogens (tertiary/aromatic N) is 2. The van der Waals surface area contributed by atoms with E-state index in [1.807, 2.05) is 37.3 Å². The molecule has 0 atom stereocenters. The van der Waals surface area contributed by atoms with Crippen LogP contribution in [0.15, 0.2) is 59.2 Å². The number of nitriles is 1. The van der Waals surface area contributed by atoms with Gasteiger partial charge in [0.2, 0.25) is 0 Å². The number of hydrogen-bond donors (Lipinski definition) is 0. The highest BCUT2D eigenvalue weighted by molar-refractivity contribution is 6.19. The Balaban J connectivity index is 1.77. The average Bonchev–Trinajstić information content (AvgIpc) is 2.90. The predicted octanol–water partition coefficient (Wildman–Crippen LogP) is 3.75. The highest BCUT2D eigenvalue weighted by atomic mass is 16.6. The first-order chi connectivity index (χ1) is 18.2. The summed E-state index contributed by atoms with van der Waals surface area (Å²) in [6.45, 7) is 5.41. The third-order valence-corrected chi connectivity index (χ3v) is 5.83. The summed E-state index contributed by atoms with van der Waals surface area (Å²) >= 11 is 0. The van der Waals surface area contributed by atoms with Crippen molar-refractivity contribution < 1.29 is 33.3 Å². The zero-order valence-corrected chi connectivity index (χ0v) is 21.9. The second-order valence-electron chi connectivity index (χ2n) is 8.57. The molecule has 0 fully saturated rings. The van der Waals surface area contributed by atoms with E-state index in [0.717, 1.165) is 16.0 Å². The van der Waals surface area contributed by atoms with E-state index in [1.54, 1.807) is 31.2 Å². The van der Waals surface area contributed by atoms with Gasteiger partial charge in [-0.3, -0.25) is 19.3 Å². The van der Waals surface area contributed by atoms with Crippen LogP contribution in [0.1, 0.15) is 30.5 Å². The van der Waals surface area contributed by atoms with Crippen LogP contribution in [-0.4, -0.2) is 56.2 Å². The fraction of sp³-hybridized carbons (Fsp3) is 0.310. The molecule has 0 saturated carbocycles. The lowest BCUT2D eigenvalue weighted by atomic mass is 9.93. The van der Waals surface area contributed by atoms with Gasteiger partial charge in [-0.2, -0.15) is 5.26 Å². The molecule has 2 amide bonds. The van der Waals surface area contributed by atoms with Crippen molar-refractivity contribution in [3.63, 3.8) is 0 Å². The van der Waals surface area contributed by atoms with Crippen LogP contribution in [0.5, 0.6) is 11.5 Å². The predicted molar refractivity (Wildman–Crippen MR) is 139 cm³/mol. The smallest absolute Gasteiger partial charge is 0.302 e. The molecule has 0 aromatic heterocycles. The fourth-order valence-corrected chi connectivity index (χ4v) is 3.74. The highest BCUT2D eigenvalue weighted by Crippen LogP contribution is 2.32. The summed E-state index contributed by atoms with van der Waals surface area (Å²) in [6, 6.07) is 15.2. The average molecular weight is 519 g/mol. The molecule has 1 heterocycles. The maximum Gasteiger partial charge on any atom is 0.302 e. The number of amides is 2. The van der Waals surface area contributed by atoms with Crippen molar-refractivity contribution in [2.24, 2.45) is 0 Å². The number of imide groups is 1.